The van der Waals surface area contributed by atoms with Crippen molar-refractivity contribution in [3.8, 4) is 0 Å². The highest BCUT2D eigenvalue weighted by atomic mass is 32.2. The summed E-state index contributed by atoms with van der Waals surface area (Å²) >= 11 is 1.31. The van der Waals surface area contributed by atoms with Gasteiger partial charge >= 0.3 is 0 Å². The Morgan fingerprint density at radius 3 is 2.59 bits per heavy atom. The Kier molecular flexibility index (Phi) is 4.30. The van der Waals surface area contributed by atoms with Gasteiger partial charge in [0.05, 0.1) is 18.1 Å². The SMILES string of the molecule is C[C@H](NC(=O)CSc1nnc(C23CC4CC(CC(C4)C2)C3)o1)c1ccco1. The number of amides is 1. The van der Waals surface area contributed by atoms with Crippen LogP contribution in [-0.4, -0.2) is 21.9 Å². The highest BCUT2D eigenvalue weighted by Gasteiger charge is 2.54. The smallest absolute Gasteiger partial charge is 0.277 e. The van der Waals surface area contributed by atoms with Crippen molar-refractivity contribution in [1.29, 1.82) is 0 Å². The van der Waals surface area contributed by atoms with Crippen LogP contribution in [0.15, 0.2) is 32.5 Å². The van der Waals surface area contributed by atoms with Crippen molar-refractivity contribution < 1.29 is 13.6 Å². The molecule has 144 valence electrons. The van der Waals surface area contributed by atoms with E-state index in [1.165, 1.54) is 50.3 Å². The molecule has 0 radical (unpaired) electrons. The fraction of sp³-hybridized carbons (Fsp3) is 0.650. The van der Waals surface area contributed by atoms with Gasteiger partial charge in [0, 0.05) is 5.41 Å². The van der Waals surface area contributed by atoms with Crippen LogP contribution in [-0.2, 0) is 10.2 Å². The average molecular weight is 388 g/mol. The zero-order valence-corrected chi connectivity index (χ0v) is 16.3. The molecule has 27 heavy (non-hydrogen) atoms. The predicted octanol–water partition coefficient (Wildman–Crippen LogP) is 4.10. The quantitative estimate of drug-likeness (QED) is 0.752. The normalized spacial score (nSPS) is 32.6. The van der Waals surface area contributed by atoms with Gasteiger partial charge in [-0.25, -0.2) is 0 Å². The molecule has 4 saturated carbocycles. The number of hydrogen-bond acceptors (Lipinski definition) is 6. The van der Waals surface area contributed by atoms with E-state index >= 15 is 0 Å². The summed E-state index contributed by atoms with van der Waals surface area (Å²) in [6.45, 7) is 1.90. The lowest BCUT2D eigenvalue weighted by atomic mass is 9.49. The molecular formula is C20H25N3O3S. The van der Waals surface area contributed by atoms with Gasteiger partial charge in [-0.15, -0.1) is 10.2 Å². The molecule has 0 aromatic carbocycles. The van der Waals surface area contributed by atoms with Crippen LogP contribution in [0.25, 0.3) is 0 Å². The Hall–Kier alpha value is -1.76. The Labute approximate surface area is 162 Å². The third kappa shape index (κ3) is 3.30. The lowest BCUT2D eigenvalue weighted by Gasteiger charge is -2.55. The third-order valence-electron chi connectivity index (χ3n) is 6.57. The summed E-state index contributed by atoms with van der Waals surface area (Å²) in [5.74, 6) is 4.27. The first kappa shape index (κ1) is 17.3. The summed E-state index contributed by atoms with van der Waals surface area (Å²) in [5, 5.41) is 12.0. The predicted molar refractivity (Wildman–Crippen MR) is 100 cm³/mol. The number of rotatable bonds is 6. The topological polar surface area (TPSA) is 81.2 Å². The van der Waals surface area contributed by atoms with Crippen LogP contribution in [0, 0.1) is 17.8 Å². The molecule has 4 aliphatic carbocycles. The minimum absolute atomic E-state index is 0.0709. The zero-order valence-electron chi connectivity index (χ0n) is 15.5. The molecule has 4 bridgehead atoms. The van der Waals surface area contributed by atoms with Crippen LogP contribution >= 0.6 is 11.8 Å². The van der Waals surface area contributed by atoms with Crippen molar-refractivity contribution in [3.05, 3.63) is 30.0 Å². The molecule has 0 aliphatic heterocycles. The van der Waals surface area contributed by atoms with E-state index in [1.807, 2.05) is 19.1 Å². The molecule has 6 nitrogen and oxygen atoms in total. The Morgan fingerprint density at radius 2 is 1.96 bits per heavy atom. The van der Waals surface area contributed by atoms with Crippen LogP contribution in [0.2, 0.25) is 0 Å². The number of nitrogens with zero attached hydrogens (tertiary/aromatic N) is 2. The van der Waals surface area contributed by atoms with E-state index in [4.69, 9.17) is 8.83 Å². The third-order valence-corrected chi connectivity index (χ3v) is 7.39. The van der Waals surface area contributed by atoms with Crippen molar-refractivity contribution in [2.45, 2.75) is 62.1 Å². The Morgan fingerprint density at radius 1 is 1.26 bits per heavy atom. The van der Waals surface area contributed by atoms with Gasteiger partial charge in [0.2, 0.25) is 11.8 Å². The second kappa shape index (κ2) is 6.69. The summed E-state index contributed by atoms with van der Waals surface area (Å²) in [6, 6.07) is 3.52. The lowest BCUT2D eigenvalue weighted by molar-refractivity contribution is -0.119. The summed E-state index contributed by atoms with van der Waals surface area (Å²) in [6.07, 6.45) is 9.39. The maximum absolute atomic E-state index is 12.2. The van der Waals surface area contributed by atoms with E-state index in [9.17, 15) is 4.79 Å². The monoisotopic (exact) mass is 387 g/mol. The first-order chi connectivity index (χ1) is 13.1. The van der Waals surface area contributed by atoms with Crippen LogP contribution in [0.3, 0.4) is 0 Å². The Balaban J connectivity index is 1.20. The van der Waals surface area contributed by atoms with Gasteiger partial charge in [0.15, 0.2) is 0 Å². The van der Waals surface area contributed by atoms with Crippen LogP contribution in [0.5, 0.6) is 0 Å². The molecule has 4 aliphatic rings. The molecule has 1 atom stereocenters. The summed E-state index contributed by atoms with van der Waals surface area (Å²) in [5.41, 5.74) is 0.108. The number of nitrogens with one attached hydrogen (secondary N) is 1. The van der Waals surface area contributed by atoms with Gasteiger partial charge in [-0.1, -0.05) is 11.8 Å². The van der Waals surface area contributed by atoms with Crippen molar-refractivity contribution in [1.82, 2.24) is 15.5 Å². The molecule has 7 heteroatoms. The molecule has 1 N–H and O–H groups in total. The van der Waals surface area contributed by atoms with Gasteiger partial charge in [0.1, 0.15) is 5.76 Å². The van der Waals surface area contributed by atoms with Gasteiger partial charge in [-0.2, -0.15) is 0 Å². The molecule has 2 aromatic rings. The van der Waals surface area contributed by atoms with E-state index in [-0.39, 0.29) is 23.1 Å². The van der Waals surface area contributed by atoms with Gasteiger partial charge in [-0.3, -0.25) is 4.79 Å². The first-order valence-corrected chi connectivity index (χ1v) is 10.9. The Bertz CT molecular complexity index is 781. The summed E-state index contributed by atoms with van der Waals surface area (Å²) in [7, 11) is 0. The second-order valence-electron chi connectivity index (χ2n) is 8.66. The number of hydrogen-bond donors (Lipinski definition) is 1. The standard InChI is InChI=1S/C20H25N3O3S/c1-12(16-3-2-4-25-16)21-17(24)11-27-19-23-22-18(26-19)20-8-13-5-14(9-20)7-15(6-13)10-20/h2-4,12-15H,5-11H2,1H3,(H,21,24)/t12-,13?,14?,15?,20?/m0/s1. The molecule has 6 rings (SSSR count). The number of carbonyl (C=O) groups excluding carboxylic acids is 1. The largest absolute Gasteiger partial charge is 0.467 e. The number of aromatic nitrogens is 2. The maximum atomic E-state index is 12.2. The van der Waals surface area contributed by atoms with E-state index in [2.05, 4.69) is 15.5 Å². The summed E-state index contributed by atoms with van der Waals surface area (Å²) < 4.78 is 11.4. The molecule has 0 spiro atoms. The van der Waals surface area contributed by atoms with Crippen molar-refractivity contribution >= 4 is 17.7 Å². The van der Waals surface area contributed by atoms with Gasteiger partial charge < -0.3 is 14.2 Å². The fourth-order valence-corrected chi connectivity index (χ4v) is 6.45. The maximum Gasteiger partial charge on any atom is 0.277 e. The molecule has 1 amide bonds. The van der Waals surface area contributed by atoms with Crippen molar-refractivity contribution in [3.63, 3.8) is 0 Å². The van der Waals surface area contributed by atoms with Crippen LogP contribution in [0.1, 0.15) is 63.1 Å². The summed E-state index contributed by atoms with van der Waals surface area (Å²) in [4.78, 5) is 12.2. The molecule has 0 saturated heterocycles. The molecule has 2 heterocycles. The van der Waals surface area contributed by atoms with E-state index in [0.717, 1.165) is 29.4 Å². The van der Waals surface area contributed by atoms with E-state index < -0.39 is 0 Å². The first-order valence-electron chi connectivity index (χ1n) is 9.89. The second-order valence-corrected chi connectivity index (χ2v) is 9.59. The lowest BCUT2D eigenvalue weighted by Crippen LogP contribution is -2.48. The molecule has 2 aromatic heterocycles. The number of carbonyl (C=O) groups is 1. The van der Waals surface area contributed by atoms with Gasteiger partial charge in [0.25, 0.3) is 5.22 Å². The fourth-order valence-electron chi connectivity index (χ4n) is 5.87. The number of furan rings is 1. The molecule has 0 unspecified atom stereocenters. The highest BCUT2D eigenvalue weighted by Crippen LogP contribution is 2.60. The van der Waals surface area contributed by atoms with Crippen molar-refractivity contribution in [2.24, 2.45) is 17.8 Å². The van der Waals surface area contributed by atoms with E-state index in [0.29, 0.717) is 5.22 Å². The highest BCUT2D eigenvalue weighted by molar-refractivity contribution is 7.99. The number of thioether (sulfide) groups is 1. The minimum atomic E-state index is -0.154. The van der Waals surface area contributed by atoms with Crippen LogP contribution < -0.4 is 5.32 Å². The van der Waals surface area contributed by atoms with E-state index in [1.54, 1.807) is 6.26 Å². The minimum Gasteiger partial charge on any atom is -0.467 e. The van der Waals surface area contributed by atoms with Crippen molar-refractivity contribution in [2.75, 3.05) is 5.75 Å². The molecule has 4 fully saturated rings. The zero-order chi connectivity index (χ0) is 18.4. The van der Waals surface area contributed by atoms with Crippen LogP contribution in [0.4, 0.5) is 0 Å². The van der Waals surface area contributed by atoms with Gasteiger partial charge in [-0.05, 0) is 75.3 Å². The average Bonchev–Trinajstić information content (AvgIpc) is 3.31. The molecular weight excluding hydrogens is 362 g/mol.